The number of nitrogens with two attached hydrogens (primary N) is 1. The SMILES string of the molecule is COc1cc(OC)c(C(N)CCC(=O)O)cc1Cl. The van der Waals surface area contributed by atoms with Crippen LogP contribution in [0.5, 0.6) is 11.5 Å². The monoisotopic (exact) mass is 273 g/mol. The Labute approximate surface area is 110 Å². The molecule has 1 atom stereocenters. The lowest BCUT2D eigenvalue weighted by Gasteiger charge is -2.17. The number of hydrogen-bond donors (Lipinski definition) is 2. The van der Waals surface area contributed by atoms with Crippen LogP contribution in [0.25, 0.3) is 0 Å². The van der Waals surface area contributed by atoms with Gasteiger partial charge in [-0.05, 0) is 12.5 Å². The zero-order valence-corrected chi connectivity index (χ0v) is 11.0. The molecule has 6 heteroatoms. The average Bonchev–Trinajstić information content (AvgIpc) is 2.35. The standard InChI is InChI=1S/C12H16ClNO4/c1-17-10-6-11(18-2)8(13)5-7(10)9(14)3-4-12(15)16/h5-6,9H,3-4,14H2,1-2H3,(H,15,16). The van der Waals surface area contributed by atoms with E-state index < -0.39 is 12.0 Å². The lowest BCUT2D eigenvalue weighted by Crippen LogP contribution is -2.13. The van der Waals surface area contributed by atoms with Crippen molar-refractivity contribution < 1.29 is 19.4 Å². The maximum absolute atomic E-state index is 10.5. The van der Waals surface area contributed by atoms with Crippen LogP contribution in [0.4, 0.5) is 0 Å². The summed E-state index contributed by atoms with van der Waals surface area (Å²) in [6, 6.07) is 2.84. The number of carboxylic acids is 1. The Bertz CT molecular complexity index is 436. The fourth-order valence-electron chi connectivity index (χ4n) is 1.61. The van der Waals surface area contributed by atoms with Gasteiger partial charge >= 0.3 is 5.97 Å². The molecule has 1 aromatic carbocycles. The van der Waals surface area contributed by atoms with E-state index in [2.05, 4.69) is 0 Å². The highest BCUT2D eigenvalue weighted by atomic mass is 35.5. The molecule has 0 heterocycles. The van der Waals surface area contributed by atoms with Crippen molar-refractivity contribution in [2.45, 2.75) is 18.9 Å². The molecule has 1 rings (SSSR count). The summed E-state index contributed by atoms with van der Waals surface area (Å²) in [6.45, 7) is 0. The van der Waals surface area contributed by atoms with E-state index in [0.29, 0.717) is 28.5 Å². The lowest BCUT2D eigenvalue weighted by molar-refractivity contribution is -0.137. The van der Waals surface area contributed by atoms with Crippen LogP contribution in [-0.4, -0.2) is 25.3 Å². The lowest BCUT2D eigenvalue weighted by atomic mass is 10.0. The van der Waals surface area contributed by atoms with Gasteiger partial charge in [0.1, 0.15) is 11.5 Å². The fourth-order valence-corrected chi connectivity index (χ4v) is 1.86. The zero-order valence-electron chi connectivity index (χ0n) is 10.3. The Balaban J connectivity index is 2.99. The maximum Gasteiger partial charge on any atom is 0.303 e. The Morgan fingerprint density at radius 1 is 1.39 bits per heavy atom. The number of aliphatic carboxylic acids is 1. The molecule has 0 radical (unpaired) electrons. The highest BCUT2D eigenvalue weighted by Crippen LogP contribution is 2.36. The largest absolute Gasteiger partial charge is 0.496 e. The van der Waals surface area contributed by atoms with Gasteiger partial charge in [-0.1, -0.05) is 11.6 Å². The van der Waals surface area contributed by atoms with Crippen LogP contribution in [0.2, 0.25) is 5.02 Å². The van der Waals surface area contributed by atoms with Crippen molar-refractivity contribution in [3.8, 4) is 11.5 Å². The molecule has 100 valence electrons. The number of methoxy groups -OCH3 is 2. The van der Waals surface area contributed by atoms with Crippen LogP contribution >= 0.6 is 11.6 Å². The zero-order chi connectivity index (χ0) is 13.7. The van der Waals surface area contributed by atoms with Crippen LogP contribution in [-0.2, 0) is 4.79 Å². The molecule has 0 spiro atoms. The van der Waals surface area contributed by atoms with Crippen molar-refractivity contribution in [2.75, 3.05) is 14.2 Å². The molecule has 0 fully saturated rings. The highest BCUT2D eigenvalue weighted by molar-refractivity contribution is 6.32. The summed E-state index contributed by atoms with van der Waals surface area (Å²) in [7, 11) is 3.01. The number of rotatable bonds is 6. The summed E-state index contributed by atoms with van der Waals surface area (Å²) in [4.78, 5) is 10.5. The Morgan fingerprint density at radius 2 is 2.00 bits per heavy atom. The third kappa shape index (κ3) is 3.51. The number of hydrogen-bond acceptors (Lipinski definition) is 4. The van der Waals surface area contributed by atoms with Gasteiger partial charge in [-0.15, -0.1) is 0 Å². The number of carboxylic acid groups (broad SMARTS) is 1. The quantitative estimate of drug-likeness (QED) is 0.830. The minimum Gasteiger partial charge on any atom is -0.496 e. The molecule has 0 aliphatic carbocycles. The molecule has 0 amide bonds. The first-order chi connectivity index (χ1) is 8.49. The fraction of sp³-hybridized carbons (Fsp3) is 0.417. The van der Waals surface area contributed by atoms with Crippen molar-refractivity contribution in [1.82, 2.24) is 0 Å². The van der Waals surface area contributed by atoms with Gasteiger partial charge in [0.25, 0.3) is 0 Å². The van der Waals surface area contributed by atoms with Gasteiger partial charge in [0, 0.05) is 24.1 Å². The van der Waals surface area contributed by atoms with E-state index in [0.717, 1.165) is 0 Å². The van der Waals surface area contributed by atoms with Crippen LogP contribution in [0.15, 0.2) is 12.1 Å². The molecule has 3 N–H and O–H groups in total. The molecule has 1 unspecified atom stereocenters. The van der Waals surface area contributed by atoms with Crippen LogP contribution in [0.3, 0.4) is 0 Å². The molecule has 0 aliphatic heterocycles. The van der Waals surface area contributed by atoms with E-state index in [1.165, 1.54) is 14.2 Å². The minimum atomic E-state index is -0.885. The first kappa shape index (κ1) is 14.6. The second-order valence-corrected chi connectivity index (χ2v) is 4.17. The van der Waals surface area contributed by atoms with E-state index in [4.69, 9.17) is 31.9 Å². The summed E-state index contributed by atoms with van der Waals surface area (Å²) in [5.74, 6) is 0.140. The minimum absolute atomic E-state index is 0.00598. The van der Waals surface area contributed by atoms with Crippen LogP contribution in [0, 0.1) is 0 Å². The first-order valence-corrected chi connectivity index (χ1v) is 5.76. The Kier molecular flexibility index (Phi) is 5.25. The van der Waals surface area contributed by atoms with Gasteiger partial charge in [-0.25, -0.2) is 0 Å². The molecule has 1 aromatic rings. The van der Waals surface area contributed by atoms with Gasteiger partial charge in [0.05, 0.1) is 19.2 Å². The van der Waals surface area contributed by atoms with Crippen molar-refractivity contribution >= 4 is 17.6 Å². The van der Waals surface area contributed by atoms with Gasteiger partial charge in [0.2, 0.25) is 0 Å². The van der Waals surface area contributed by atoms with Gasteiger partial charge in [-0.3, -0.25) is 4.79 Å². The summed E-state index contributed by atoms with van der Waals surface area (Å²) < 4.78 is 10.3. The third-order valence-electron chi connectivity index (χ3n) is 2.57. The molecule has 0 aromatic heterocycles. The summed E-state index contributed by atoms with van der Waals surface area (Å²) in [5.41, 5.74) is 6.61. The van der Waals surface area contributed by atoms with Gasteiger partial charge in [0.15, 0.2) is 0 Å². The van der Waals surface area contributed by atoms with Crippen molar-refractivity contribution in [3.05, 3.63) is 22.7 Å². The maximum atomic E-state index is 10.5. The molecule has 18 heavy (non-hydrogen) atoms. The first-order valence-electron chi connectivity index (χ1n) is 5.38. The van der Waals surface area contributed by atoms with Gasteiger partial charge < -0.3 is 20.3 Å². The average molecular weight is 274 g/mol. The smallest absolute Gasteiger partial charge is 0.303 e. The van der Waals surface area contributed by atoms with E-state index >= 15 is 0 Å². The van der Waals surface area contributed by atoms with E-state index in [1.54, 1.807) is 12.1 Å². The second-order valence-electron chi connectivity index (χ2n) is 3.77. The topological polar surface area (TPSA) is 81.8 Å². The van der Waals surface area contributed by atoms with Crippen molar-refractivity contribution in [1.29, 1.82) is 0 Å². The normalized spacial score (nSPS) is 12.0. The van der Waals surface area contributed by atoms with E-state index in [1.807, 2.05) is 0 Å². The molecular weight excluding hydrogens is 258 g/mol. The summed E-state index contributed by atoms with van der Waals surface area (Å²) in [6.07, 6.45) is 0.308. The summed E-state index contributed by atoms with van der Waals surface area (Å²) in [5, 5.41) is 9.06. The molecular formula is C12H16ClNO4. The number of ether oxygens (including phenoxy) is 2. The molecule has 0 bridgehead atoms. The Morgan fingerprint density at radius 3 is 2.50 bits per heavy atom. The van der Waals surface area contributed by atoms with Crippen LogP contribution in [0.1, 0.15) is 24.4 Å². The highest BCUT2D eigenvalue weighted by Gasteiger charge is 2.16. The van der Waals surface area contributed by atoms with Crippen molar-refractivity contribution in [3.63, 3.8) is 0 Å². The second kappa shape index (κ2) is 6.47. The molecule has 0 aliphatic rings. The molecule has 0 saturated heterocycles. The van der Waals surface area contributed by atoms with Gasteiger partial charge in [-0.2, -0.15) is 0 Å². The number of benzene rings is 1. The summed E-state index contributed by atoms with van der Waals surface area (Å²) >= 11 is 6.01. The van der Waals surface area contributed by atoms with Crippen LogP contribution < -0.4 is 15.2 Å². The third-order valence-corrected chi connectivity index (χ3v) is 2.87. The molecule has 0 saturated carbocycles. The molecule has 5 nitrogen and oxygen atoms in total. The van der Waals surface area contributed by atoms with Crippen molar-refractivity contribution in [2.24, 2.45) is 5.73 Å². The number of carbonyl (C=O) groups is 1. The predicted octanol–water partition coefficient (Wildman–Crippen LogP) is 2.22. The van der Waals surface area contributed by atoms with E-state index in [9.17, 15) is 4.79 Å². The van der Waals surface area contributed by atoms with E-state index in [-0.39, 0.29) is 6.42 Å². The number of halogens is 1. The predicted molar refractivity (Wildman–Crippen MR) is 68.4 cm³/mol. The Hall–Kier alpha value is -1.46.